The minimum absolute atomic E-state index is 0. The highest BCUT2D eigenvalue weighted by molar-refractivity contribution is 5.86. The molecule has 0 radical (unpaired) electrons. The Morgan fingerprint density at radius 3 is 2.34 bits per heavy atom. The second kappa shape index (κ2) is 10.1. The molecule has 0 saturated carbocycles. The Balaban J connectivity index is 0.00000289. The first-order chi connectivity index (χ1) is 14.8. The van der Waals surface area contributed by atoms with E-state index in [9.17, 15) is 4.79 Å². The molecular formula is C28H35ClN2O. The zero-order chi connectivity index (χ0) is 22.0. The van der Waals surface area contributed by atoms with Crippen LogP contribution in [0.3, 0.4) is 0 Å². The first-order valence-electron chi connectivity index (χ1n) is 11.4. The van der Waals surface area contributed by atoms with Crippen molar-refractivity contribution >= 4 is 29.1 Å². The second-order valence-electron chi connectivity index (χ2n) is 9.94. The lowest BCUT2D eigenvalue weighted by molar-refractivity contribution is -0.138. The molecule has 4 rings (SSSR count). The highest BCUT2D eigenvalue weighted by Gasteiger charge is 2.39. The van der Waals surface area contributed by atoms with Gasteiger partial charge in [-0.2, -0.15) is 0 Å². The summed E-state index contributed by atoms with van der Waals surface area (Å²) in [6, 6.07) is 26.0. The van der Waals surface area contributed by atoms with Crippen molar-refractivity contribution in [2.75, 3.05) is 19.6 Å². The Morgan fingerprint density at radius 2 is 1.62 bits per heavy atom. The maximum atomic E-state index is 13.0. The van der Waals surface area contributed by atoms with Crippen LogP contribution in [0.1, 0.15) is 50.8 Å². The van der Waals surface area contributed by atoms with Gasteiger partial charge in [-0.1, -0.05) is 93.6 Å². The molecule has 3 aromatic carbocycles. The van der Waals surface area contributed by atoms with Gasteiger partial charge < -0.3 is 10.2 Å². The van der Waals surface area contributed by atoms with Crippen LogP contribution in [0.5, 0.6) is 0 Å². The molecule has 3 aromatic rings. The van der Waals surface area contributed by atoms with Crippen molar-refractivity contribution < 1.29 is 4.79 Å². The topological polar surface area (TPSA) is 32.3 Å². The van der Waals surface area contributed by atoms with Gasteiger partial charge in [0.1, 0.15) is 0 Å². The van der Waals surface area contributed by atoms with E-state index >= 15 is 0 Å². The quantitative estimate of drug-likeness (QED) is 0.501. The predicted octanol–water partition coefficient (Wildman–Crippen LogP) is 6.20. The van der Waals surface area contributed by atoms with Gasteiger partial charge in [0.2, 0.25) is 5.91 Å². The van der Waals surface area contributed by atoms with Gasteiger partial charge in [0, 0.05) is 37.0 Å². The molecule has 1 amide bonds. The van der Waals surface area contributed by atoms with Crippen LogP contribution in [0.2, 0.25) is 0 Å². The van der Waals surface area contributed by atoms with Crippen LogP contribution >= 0.6 is 12.4 Å². The number of likely N-dealkylation sites (tertiary alicyclic amines) is 1. The zero-order valence-corrected chi connectivity index (χ0v) is 20.4. The highest BCUT2D eigenvalue weighted by atomic mass is 35.5. The van der Waals surface area contributed by atoms with Gasteiger partial charge in [0.05, 0.1) is 0 Å². The van der Waals surface area contributed by atoms with E-state index < -0.39 is 0 Å². The first kappa shape index (κ1) is 24.3. The highest BCUT2D eigenvalue weighted by Crippen LogP contribution is 2.35. The molecular weight excluding hydrogens is 416 g/mol. The first-order valence-corrected chi connectivity index (χ1v) is 11.4. The van der Waals surface area contributed by atoms with E-state index in [0.29, 0.717) is 11.8 Å². The summed E-state index contributed by atoms with van der Waals surface area (Å²) in [5.74, 6) is 1.00. The van der Waals surface area contributed by atoms with Crippen LogP contribution in [-0.4, -0.2) is 30.4 Å². The molecule has 3 nitrogen and oxygen atoms in total. The van der Waals surface area contributed by atoms with Crippen LogP contribution in [0.25, 0.3) is 10.8 Å². The fourth-order valence-electron chi connectivity index (χ4n) is 4.86. The van der Waals surface area contributed by atoms with Gasteiger partial charge in [-0.3, -0.25) is 4.79 Å². The number of nitrogens with zero attached hydrogens (tertiary/aromatic N) is 1. The molecule has 0 aromatic heterocycles. The summed E-state index contributed by atoms with van der Waals surface area (Å²) in [5, 5.41) is 6.38. The van der Waals surface area contributed by atoms with Crippen molar-refractivity contribution in [2.45, 2.75) is 39.7 Å². The third kappa shape index (κ3) is 5.16. The molecule has 1 heterocycles. The van der Waals surface area contributed by atoms with E-state index in [4.69, 9.17) is 0 Å². The largest absolute Gasteiger partial charge is 0.341 e. The zero-order valence-electron chi connectivity index (χ0n) is 19.5. The molecule has 1 aliphatic rings. The van der Waals surface area contributed by atoms with Crippen LogP contribution in [0, 0.1) is 11.3 Å². The Labute approximate surface area is 198 Å². The Bertz CT molecular complexity index is 1040. The Morgan fingerprint density at radius 1 is 0.969 bits per heavy atom. The molecule has 1 saturated heterocycles. The number of nitrogens with one attached hydrogen (secondary N) is 1. The van der Waals surface area contributed by atoms with Crippen molar-refractivity contribution in [3.63, 3.8) is 0 Å². The van der Waals surface area contributed by atoms with E-state index in [2.05, 4.69) is 89.9 Å². The third-order valence-corrected chi connectivity index (χ3v) is 6.57. The fourth-order valence-corrected chi connectivity index (χ4v) is 4.86. The maximum Gasteiger partial charge on any atom is 0.227 e. The normalized spacial score (nSPS) is 19.6. The maximum absolute atomic E-state index is 13.0. The van der Waals surface area contributed by atoms with Gasteiger partial charge in [0.15, 0.2) is 0 Å². The lowest BCUT2D eigenvalue weighted by Crippen LogP contribution is -2.38. The number of hydrogen-bond donors (Lipinski definition) is 1. The summed E-state index contributed by atoms with van der Waals surface area (Å²) in [6.07, 6.45) is 0. The van der Waals surface area contributed by atoms with Crippen molar-refractivity contribution in [1.29, 1.82) is 0 Å². The number of hydrogen-bond acceptors (Lipinski definition) is 2. The number of amides is 1. The molecule has 1 N–H and O–H groups in total. The summed E-state index contributed by atoms with van der Waals surface area (Å²) < 4.78 is 0. The summed E-state index contributed by atoms with van der Waals surface area (Å²) in [4.78, 5) is 15.1. The number of carbonyl (C=O) groups is 1. The number of fused-ring (bicyclic) bond motifs is 1. The lowest BCUT2D eigenvalue weighted by Gasteiger charge is -2.26. The van der Waals surface area contributed by atoms with E-state index in [1.54, 1.807) is 0 Å². The molecule has 170 valence electrons. The predicted molar refractivity (Wildman–Crippen MR) is 136 cm³/mol. The summed E-state index contributed by atoms with van der Waals surface area (Å²) in [6.45, 7) is 10.8. The van der Waals surface area contributed by atoms with Gasteiger partial charge >= 0.3 is 0 Å². The Kier molecular flexibility index (Phi) is 7.63. The van der Waals surface area contributed by atoms with Crippen molar-refractivity contribution in [3.05, 3.63) is 83.9 Å². The summed E-state index contributed by atoms with van der Waals surface area (Å²) in [5.41, 5.74) is 2.31. The third-order valence-electron chi connectivity index (χ3n) is 6.57. The smallest absolute Gasteiger partial charge is 0.227 e. The molecule has 32 heavy (non-hydrogen) atoms. The fraction of sp³-hybridized carbons (Fsp3) is 0.393. The molecule has 0 aliphatic carbocycles. The number of benzene rings is 3. The van der Waals surface area contributed by atoms with E-state index in [-0.39, 0.29) is 29.8 Å². The molecule has 0 spiro atoms. The van der Waals surface area contributed by atoms with Gasteiger partial charge in [0.25, 0.3) is 0 Å². The van der Waals surface area contributed by atoms with E-state index in [0.717, 1.165) is 19.6 Å². The summed E-state index contributed by atoms with van der Waals surface area (Å²) >= 11 is 0. The minimum atomic E-state index is -0.347. The number of rotatable bonds is 5. The lowest BCUT2D eigenvalue weighted by atomic mass is 9.88. The van der Waals surface area contributed by atoms with Gasteiger partial charge in [-0.05, 0) is 34.7 Å². The SMILES string of the molecule is C[C@@H](NCC1CN(C(=O)C(C)(C)C)CC1c1ccccc1)c1cccc2ccccc12.Cl. The molecule has 1 fully saturated rings. The molecule has 3 atom stereocenters. The minimum Gasteiger partial charge on any atom is -0.341 e. The molecule has 2 unspecified atom stereocenters. The van der Waals surface area contributed by atoms with Gasteiger partial charge in [-0.15, -0.1) is 12.4 Å². The summed E-state index contributed by atoms with van der Waals surface area (Å²) in [7, 11) is 0. The van der Waals surface area contributed by atoms with Crippen LogP contribution in [-0.2, 0) is 4.79 Å². The average molecular weight is 451 g/mol. The molecule has 0 bridgehead atoms. The van der Waals surface area contributed by atoms with Crippen LogP contribution < -0.4 is 5.32 Å². The van der Waals surface area contributed by atoms with Crippen molar-refractivity contribution in [2.24, 2.45) is 11.3 Å². The monoisotopic (exact) mass is 450 g/mol. The van der Waals surface area contributed by atoms with Gasteiger partial charge in [-0.25, -0.2) is 0 Å². The second-order valence-corrected chi connectivity index (χ2v) is 9.94. The average Bonchev–Trinajstić information content (AvgIpc) is 3.20. The Hall–Kier alpha value is -2.36. The number of carbonyl (C=O) groups excluding carboxylic acids is 1. The van der Waals surface area contributed by atoms with Crippen molar-refractivity contribution in [3.8, 4) is 0 Å². The molecule has 1 aliphatic heterocycles. The van der Waals surface area contributed by atoms with E-state index in [1.807, 2.05) is 20.8 Å². The molecule has 4 heteroatoms. The van der Waals surface area contributed by atoms with Crippen LogP contribution in [0.15, 0.2) is 72.8 Å². The van der Waals surface area contributed by atoms with Crippen LogP contribution in [0.4, 0.5) is 0 Å². The van der Waals surface area contributed by atoms with E-state index in [1.165, 1.54) is 21.9 Å². The van der Waals surface area contributed by atoms with Crippen molar-refractivity contribution in [1.82, 2.24) is 10.2 Å². The number of halogens is 1. The standard InChI is InChI=1S/C28H34N2O.ClH/c1-20(24-16-10-14-21-13-8-9-15-25(21)24)29-17-23-18-30(27(31)28(2,3)4)19-26(23)22-11-6-5-7-12-22;/h5-16,20,23,26,29H,17-19H2,1-4H3;1H/t20-,23?,26?;/m1./s1.